The Kier molecular flexibility index (Phi) is 4.40. The van der Waals surface area contributed by atoms with E-state index in [0.717, 1.165) is 5.69 Å². The molecule has 2 N–H and O–H groups in total. The molecule has 2 aromatic rings. The molecular formula is C17H21FN2. The molecule has 0 amide bonds. The lowest BCUT2D eigenvalue weighted by atomic mass is 10.0. The quantitative estimate of drug-likeness (QED) is 0.921. The fourth-order valence-electron chi connectivity index (χ4n) is 2.57. The largest absolute Gasteiger partial charge is 0.366 e. The average Bonchev–Trinajstić information content (AvgIpc) is 2.40. The minimum atomic E-state index is -0.209. The van der Waals surface area contributed by atoms with Crippen LogP contribution in [0.5, 0.6) is 0 Å². The SMILES string of the molecule is Cc1cc(C)cc(N(C)C(CN)c2ccccc2F)c1. The highest BCUT2D eigenvalue weighted by Crippen LogP contribution is 2.28. The lowest BCUT2D eigenvalue weighted by Gasteiger charge is -2.30. The molecule has 0 fully saturated rings. The van der Waals surface area contributed by atoms with E-state index in [1.165, 1.54) is 17.2 Å². The van der Waals surface area contributed by atoms with E-state index in [0.29, 0.717) is 12.1 Å². The van der Waals surface area contributed by atoms with Crippen LogP contribution in [0.3, 0.4) is 0 Å². The van der Waals surface area contributed by atoms with Gasteiger partial charge in [0, 0.05) is 24.8 Å². The maximum absolute atomic E-state index is 14.0. The molecule has 0 aromatic heterocycles. The highest BCUT2D eigenvalue weighted by atomic mass is 19.1. The van der Waals surface area contributed by atoms with E-state index in [1.807, 2.05) is 18.0 Å². The van der Waals surface area contributed by atoms with Crippen molar-refractivity contribution in [2.75, 3.05) is 18.5 Å². The number of likely N-dealkylation sites (N-methyl/N-ethyl adjacent to an activating group) is 1. The van der Waals surface area contributed by atoms with Gasteiger partial charge in [0.15, 0.2) is 0 Å². The topological polar surface area (TPSA) is 29.3 Å². The van der Waals surface area contributed by atoms with Crippen LogP contribution in [0.4, 0.5) is 10.1 Å². The summed E-state index contributed by atoms with van der Waals surface area (Å²) in [4.78, 5) is 2.04. The number of nitrogens with zero attached hydrogens (tertiary/aromatic N) is 1. The number of aryl methyl sites for hydroxylation is 2. The molecule has 1 atom stereocenters. The summed E-state index contributed by atoms with van der Waals surface area (Å²) in [7, 11) is 1.96. The van der Waals surface area contributed by atoms with Gasteiger partial charge in [0.1, 0.15) is 5.82 Å². The molecule has 0 aliphatic heterocycles. The van der Waals surface area contributed by atoms with Crippen molar-refractivity contribution in [3.63, 3.8) is 0 Å². The van der Waals surface area contributed by atoms with E-state index >= 15 is 0 Å². The lowest BCUT2D eigenvalue weighted by molar-refractivity contribution is 0.573. The minimum absolute atomic E-state index is 0.169. The molecule has 0 aliphatic carbocycles. The van der Waals surface area contributed by atoms with Crippen LogP contribution in [-0.2, 0) is 0 Å². The van der Waals surface area contributed by atoms with Crippen molar-refractivity contribution < 1.29 is 4.39 Å². The van der Waals surface area contributed by atoms with Gasteiger partial charge in [-0.15, -0.1) is 0 Å². The highest BCUT2D eigenvalue weighted by Gasteiger charge is 2.19. The van der Waals surface area contributed by atoms with Crippen molar-refractivity contribution in [2.24, 2.45) is 5.73 Å². The van der Waals surface area contributed by atoms with Gasteiger partial charge in [-0.2, -0.15) is 0 Å². The Morgan fingerprint density at radius 3 is 2.25 bits per heavy atom. The summed E-state index contributed by atoms with van der Waals surface area (Å²) in [5, 5.41) is 0. The molecule has 0 heterocycles. The standard InChI is InChI=1S/C17H21FN2/c1-12-8-13(2)10-14(9-12)20(3)17(11-19)15-6-4-5-7-16(15)18/h4-10,17H,11,19H2,1-3H3. The van der Waals surface area contributed by atoms with Crippen LogP contribution in [0.15, 0.2) is 42.5 Å². The second kappa shape index (κ2) is 6.06. The summed E-state index contributed by atoms with van der Waals surface area (Å²) in [6, 6.07) is 13.0. The number of hydrogen-bond donors (Lipinski definition) is 1. The molecule has 3 heteroatoms. The van der Waals surface area contributed by atoms with Crippen LogP contribution >= 0.6 is 0 Å². The Morgan fingerprint density at radius 2 is 1.70 bits per heavy atom. The van der Waals surface area contributed by atoms with Crippen LogP contribution in [-0.4, -0.2) is 13.6 Å². The molecular weight excluding hydrogens is 251 g/mol. The summed E-state index contributed by atoms with van der Waals surface area (Å²) in [5.41, 5.74) is 9.95. The summed E-state index contributed by atoms with van der Waals surface area (Å²) in [5.74, 6) is -0.209. The zero-order chi connectivity index (χ0) is 14.7. The van der Waals surface area contributed by atoms with Gasteiger partial charge in [-0.05, 0) is 43.2 Å². The third kappa shape index (κ3) is 2.99. The highest BCUT2D eigenvalue weighted by molar-refractivity contribution is 5.52. The van der Waals surface area contributed by atoms with Gasteiger partial charge in [-0.25, -0.2) is 4.39 Å². The van der Waals surface area contributed by atoms with E-state index in [-0.39, 0.29) is 11.9 Å². The number of halogens is 1. The van der Waals surface area contributed by atoms with Crippen molar-refractivity contribution in [2.45, 2.75) is 19.9 Å². The van der Waals surface area contributed by atoms with Crippen molar-refractivity contribution in [3.05, 3.63) is 65.0 Å². The van der Waals surface area contributed by atoms with Gasteiger partial charge in [0.2, 0.25) is 0 Å². The third-order valence-electron chi connectivity index (χ3n) is 3.57. The predicted octanol–water partition coefficient (Wildman–Crippen LogP) is 3.58. The molecule has 106 valence electrons. The molecule has 0 saturated carbocycles. The Bertz CT molecular complexity index is 575. The van der Waals surface area contributed by atoms with Crippen LogP contribution in [0.1, 0.15) is 22.7 Å². The zero-order valence-corrected chi connectivity index (χ0v) is 12.2. The zero-order valence-electron chi connectivity index (χ0n) is 12.2. The molecule has 1 unspecified atom stereocenters. The molecule has 0 spiro atoms. The molecule has 2 rings (SSSR count). The number of anilines is 1. The second-order valence-corrected chi connectivity index (χ2v) is 5.23. The normalized spacial score (nSPS) is 12.2. The molecule has 2 aromatic carbocycles. The first-order valence-corrected chi connectivity index (χ1v) is 6.78. The monoisotopic (exact) mass is 272 g/mol. The first-order chi connectivity index (χ1) is 9.52. The van der Waals surface area contributed by atoms with Crippen molar-refractivity contribution in [1.29, 1.82) is 0 Å². The Balaban J connectivity index is 2.39. The van der Waals surface area contributed by atoms with E-state index in [9.17, 15) is 4.39 Å². The van der Waals surface area contributed by atoms with Gasteiger partial charge in [0.25, 0.3) is 0 Å². The van der Waals surface area contributed by atoms with Crippen molar-refractivity contribution in [3.8, 4) is 0 Å². The van der Waals surface area contributed by atoms with Crippen LogP contribution in [0, 0.1) is 19.7 Å². The van der Waals surface area contributed by atoms with Gasteiger partial charge in [-0.1, -0.05) is 24.3 Å². The first-order valence-electron chi connectivity index (χ1n) is 6.78. The van der Waals surface area contributed by atoms with Crippen LogP contribution in [0.2, 0.25) is 0 Å². The second-order valence-electron chi connectivity index (χ2n) is 5.23. The maximum atomic E-state index is 14.0. The van der Waals surface area contributed by atoms with Gasteiger partial charge >= 0.3 is 0 Å². The average molecular weight is 272 g/mol. The fourth-order valence-corrected chi connectivity index (χ4v) is 2.57. The molecule has 0 bridgehead atoms. The van der Waals surface area contributed by atoms with Gasteiger partial charge in [0.05, 0.1) is 6.04 Å². The summed E-state index contributed by atoms with van der Waals surface area (Å²) < 4.78 is 14.0. The van der Waals surface area contributed by atoms with Crippen molar-refractivity contribution in [1.82, 2.24) is 0 Å². The van der Waals surface area contributed by atoms with Crippen LogP contribution < -0.4 is 10.6 Å². The van der Waals surface area contributed by atoms with Gasteiger partial charge < -0.3 is 10.6 Å². The van der Waals surface area contributed by atoms with Crippen LogP contribution in [0.25, 0.3) is 0 Å². The maximum Gasteiger partial charge on any atom is 0.128 e. The molecule has 0 radical (unpaired) electrons. The number of hydrogen-bond acceptors (Lipinski definition) is 2. The number of benzene rings is 2. The van der Waals surface area contributed by atoms with Gasteiger partial charge in [-0.3, -0.25) is 0 Å². The molecule has 0 saturated heterocycles. The number of nitrogens with two attached hydrogens (primary N) is 1. The smallest absolute Gasteiger partial charge is 0.128 e. The summed E-state index contributed by atoms with van der Waals surface area (Å²) in [6.45, 7) is 4.49. The lowest BCUT2D eigenvalue weighted by Crippen LogP contribution is -2.31. The van der Waals surface area contributed by atoms with E-state index in [1.54, 1.807) is 12.1 Å². The Labute approximate surface area is 120 Å². The predicted molar refractivity (Wildman–Crippen MR) is 82.5 cm³/mol. The molecule has 2 nitrogen and oxygen atoms in total. The third-order valence-corrected chi connectivity index (χ3v) is 3.57. The van der Waals surface area contributed by atoms with E-state index in [2.05, 4.69) is 32.0 Å². The Hall–Kier alpha value is -1.87. The first kappa shape index (κ1) is 14.5. The van der Waals surface area contributed by atoms with Crippen molar-refractivity contribution >= 4 is 5.69 Å². The van der Waals surface area contributed by atoms with E-state index < -0.39 is 0 Å². The number of rotatable bonds is 4. The molecule has 20 heavy (non-hydrogen) atoms. The summed E-state index contributed by atoms with van der Waals surface area (Å²) in [6.07, 6.45) is 0. The summed E-state index contributed by atoms with van der Waals surface area (Å²) >= 11 is 0. The fraction of sp³-hybridized carbons (Fsp3) is 0.294. The Morgan fingerprint density at radius 1 is 1.10 bits per heavy atom. The minimum Gasteiger partial charge on any atom is -0.366 e. The molecule has 0 aliphatic rings. The van der Waals surface area contributed by atoms with E-state index in [4.69, 9.17) is 5.73 Å².